The lowest BCUT2D eigenvalue weighted by molar-refractivity contribution is 0.113. The second-order valence-corrected chi connectivity index (χ2v) is 6.38. The Labute approximate surface area is 125 Å². The predicted molar refractivity (Wildman–Crippen MR) is 76.0 cm³/mol. The largest absolute Gasteiger partial charge is 0.489 e. The van der Waals surface area contributed by atoms with Gasteiger partial charge in [-0.3, -0.25) is 0 Å². The number of carbonyl (C=O) groups excluding carboxylic acids is 1. The van der Waals surface area contributed by atoms with Crippen LogP contribution in [-0.2, 0) is 10.3 Å². The first kappa shape index (κ1) is 13.8. The van der Waals surface area contributed by atoms with E-state index in [4.69, 9.17) is 4.74 Å². The van der Waals surface area contributed by atoms with E-state index in [9.17, 15) is 9.18 Å². The van der Waals surface area contributed by atoms with E-state index in [-0.39, 0.29) is 11.9 Å². The summed E-state index contributed by atoms with van der Waals surface area (Å²) < 4.78 is 20.3. The highest BCUT2D eigenvalue weighted by atomic mass is 79.9. The lowest BCUT2D eigenvalue weighted by Crippen LogP contribution is -2.34. The molecule has 2 saturated carbocycles. The quantitative estimate of drug-likeness (QED) is 0.608. The van der Waals surface area contributed by atoms with Crippen LogP contribution in [0.3, 0.4) is 0 Å². The first-order valence-electron chi connectivity index (χ1n) is 6.90. The Hall–Kier alpha value is -1.19. The monoisotopic (exact) mass is 339 g/mol. The second kappa shape index (κ2) is 5.30. The van der Waals surface area contributed by atoms with Gasteiger partial charge < -0.3 is 4.74 Å². The molecule has 20 heavy (non-hydrogen) atoms. The van der Waals surface area contributed by atoms with Crippen molar-refractivity contribution in [3.8, 4) is 5.75 Å². The Morgan fingerprint density at radius 1 is 1.35 bits per heavy atom. The van der Waals surface area contributed by atoms with Gasteiger partial charge in [0.25, 0.3) is 0 Å². The van der Waals surface area contributed by atoms with Gasteiger partial charge in [0, 0.05) is 5.56 Å². The molecule has 2 aliphatic rings. The highest BCUT2D eigenvalue weighted by Gasteiger charge is 2.42. The van der Waals surface area contributed by atoms with E-state index < -0.39 is 5.54 Å². The first-order valence-corrected chi connectivity index (χ1v) is 7.69. The van der Waals surface area contributed by atoms with Gasteiger partial charge >= 0.3 is 0 Å². The molecule has 0 saturated heterocycles. The Kier molecular flexibility index (Phi) is 3.65. The van der Waals surface area contributed by atoms with E-state index in [1.54, 1.807) is 6.08 Å². The van der Waals surface area contributed by atoms with Crippen molar-refractivity contribution in [3.05, 3.63) is 28.0 Å². The van der Waals surface area contributed by atoms with E-state index in [0.717, 1.165) is 38.5 Å². The zero-order valence-corrected chi connectivity index (χ0v) is 12.6. The van der Waals surface area contributed by atoms with Crippen LogP contribution in [0.25, 0.3) is 0 Å². The highest BCUT2D eigenvalue weighted by molar-refractivity contribution is 9.10. The normalized spacial score (nSPS) is 20.5. The van der Waals surface area contributed by atoms with Crippen molar-refractivity contribution in [2.24, 2.45) is 4.99 Å². The van der Waals surface area contributed by atoms with Gasteiger partial charge in [-0.1, -0.05) is 0 Å². The molecule has 0 atom stereocenters. The lowest BCUT2D eigenvalue weighted by Gasteiger charge is -2.39. The minimum Gasteiger partial charge on any atom is -0.489 e. The van der Waals surface area contributed by atoms with Crippen molar-refractivity contribution in [3.63, 3.8) is 0 Å². The van der Waals surface area contributed by atoms with E-state index in [0.29, 0.717) is 15.8 Å². The van der Waals surface area contributed by atoms with Crippen molar-refractivity contribution in [2.75, 3.05) is 0 Å². The summed E-state index contributed by atoms with van der Waals surface area (Å²) in [6, 6.07) is 2.84. The standard InChI is InChI=1S/C15H15BrFNO2/c16-13-8-10(17)7-12(14(13)20-11-3-1-4-11)15(18-9-19)5-2-6-15/h7-8,11H,1-6H2. The lowest BCUT2D eigenvalue weighted by atomic mass is 9.72. The Balaban J connectivity index is 2.04. The van der Waals surface area contributed by atoms with Crippen LogP contribution >= 0.6 is 15.9 Å². The molecule has 0 N–H and O–H groups in total. The molecule has 0 unspecified atom stereocenters. The van der Waals surface area contributed by atoms with Crippen LogP contribution in [0.4, 0.5) is 4.39 Å². The number of ether oxygens (including phenoxy) is 1. The fraction of sp³-hybridized carbons (Fsp3) is 0.533. The van der Waals surface area contributed by atoms with Crippen LogP contribution in [0.5, 0.6) is 5.75 Å². The number of benzene rings is 1. The smallest absolute Gasteiger partial charge is 0.235 e. The summed E-state index contributed by atoms with van der Waals surface area (Å²) in [6.07, 6.45) is 7.48. The second-order valence-electron chi connectivity index (χ2n) is 5.52. The third-order valence-electron chi connectivity index (χ3n) is 4.29. The third-order valence-corrected chi connectivity index (χ3v) is 4.88. The van der Waals surface area contributed by atoms with E-state index >= 15 is 0 Å². The van der Waals surface area contributed by atoms with Gasteiger partial charge in [0.2, 0.25) is 6.08 Å². The van der Waals surface area contributed by atoms with Gasteiger partial charge in [0.15, 0.2) is 0 Å². The van der Waals surface area contributed by atoms with Gasteiger partial charge in [-0.25, -0.2) is 9.18 Å². The average Bonchev–Trinajstić information content (AvgIpc) is 2.29. The fourth-order valence-electron chi connectivity index (χ4n) is 2.72. The van der Waals surface area contributed by atoms with Crippen molar-refractivity contribution in [1.82, 2.24) is 0 Å². The Morgan fingerprint density at radius 3 is 2.60 bits per heavy atom. The molecule has 2 aliphatic carbocycles. The molecule has 3 nitrogen and oxygen atoms in total. The van der Waals surface area contributed by atoms with Gasteiger partial charge in [-0.2, -0.15) is 4.99 Å². The fourth-order valence-corrected chi connectivity index (χ4v) is 3.25. The van der Waals surface area contributed by atoms with Crippen molar-refractivity contribution < 1.29 is 13.9 Å². The van der Waals surface area contributed by atoms with E-state index in [1.807, 2.05) is 0 Å². The molecule has 0 spiro atoms. The van der Waals surface area contributed by atoms with Gasteiger partial charge in [-0.15, -0.1) is 0 Å². The molecule has 2 fully saturated rings. The summed E-state index contributed by atoms with van der Waals surface area (Å²) in [6.45, 7) is 0. The summed E-state index contributed by atoms with van der Waals surface area (Å²) in [5.41, 5.74) is 0.0247. The van der Waals surface area contributed by atoms with Crippen LogP contribution < -0.4 is 4.74 Å². The zero-order chi connectivity index (χ0) is 14.2. The van der Waals surface area contributed by atoms with Crippen LogP contribution in [0.2, 0.25) is 0 Å². The summed E-state index contributed by atoms with van der Waals surface area (Å²) >= 11 is 3.37. The minimum absolute atomic E-state index is 0.188. The molecular weight excluding hydrogens is 325 g/mol. The molecule has 5 heteroatoms. The molecule has 0 heterocycles. The first-order chi connectivity index (χ1) is 9.64. The van der Waals surface area contributed by atoms with Gasteiger partial charge in [0.1, 0.15) is 17.1 Å². The number of halogens is 2. The molecular formula is C15H15BrFNO2. The van der Waals surface area contributed by atoms with Gasteiger partial charge in [-0.05, 0) is 66.6 Å². The summed E-state index contributed by atoms with van der Waals surface area (Å²) in [5.74, 6) is 0.287. The SMILES string of the molecule is O=C=NC1(c2cc(F)cc(Br)c2OC2CCC2)CCC1. The molecule has 0 amide bonds. The number of rotatable bonds is 4. The highest BCUT2D eigenvalue weighted by Crippen LogP contribution is 2.50. The van der Waals surface area contributed by atoms with E-state index in [1.165, 1.54) is 12.1 Å². The van der Waals surface area contributed by atoms with Gasteiger partial charge in [0.05, 0.1) is 10.6 Å². The maximum absolute atomic E-state index is 13.7. The van der Waals surface area contributed by atoms with Crippen molar-refractivity contribution in [2.45, 2.75) is 50.2 Å². The van der Waals surface area contributed by atoms with Crippen LogP contribution in [0.1, 0.15) is 44.1 Å². The van der Waals surface area contributed by atoms with Crippen LogP contribution in [0.15, 0.2) is 21.6 Å². The zero-order valence-electron chi connectivity index (χ0n) is 11.0. The number of aliphatic imine (C=N–C) groups is 1. The van der Waals surface area contributed by atoms with Crippen molar-refractivity contribution >= 4 is 22.0 Å². The molecule has 0 aromatic heterocycles. The Morgan fingerprint density at radius 2 is 2.10 bits per heavy atom. The molecule has 1 aromatic rings. The molecule has 0 bridgehead atoms. The number of hydrogen-bond acceptors (Lipinski definition) is 3. The maximum atomic E-state index is 13.7. The van der Waals surface area contributed by atoms with Crippen LogP contribution in [-0.4, -0.2) is 12.2 Å². The number of isocyanates is 1. The Bertz CT molecular complexity index is 575. The molecule has 1 aromatic carbocycles. The third kappa shape index (κ3) is 2.29. The summed E-state index contributed by atoms with van der Waals surface area (Å²) in [5, 5.41) is 0. The maximum Gasteiger partial charge on any atom is 0.235 e. The predicted octanol–water partition coefficient (Wildman–Crippen LogP) is 4.23. The summed E-state index contributed by atoms with van der Waals surface area (Å²) in [4.78, 5) is 14.7. The minimum atomic E-state index is -0.647. The molecule has 0 radical (unpaired) electrons. The van der Waals surface area contributed by atoms with Crippen molar-refractivity contribution in [1.29, 1.82) is 0 Å². The number of nitrogens with zero attached hydrogens (tertiary/aromatic N) is 1. The number of hydrogen-bond donors (Lipinski definition) is 0. The van der Waals surface area contributed by atoms with E-state index in [2.05, 4.69) is 20.9 Å². The molecule has 106 valence electrons. The topological polar surface area (TPSA) is 38.7 Å². The average molecular weight is 340 g/mol. The summed E-state index contributed by atoms with van der Waals surface area (Å²) in [7, 11) is 0. The molecule has 3 rings (SSSR count). The van der Waals surface area contributed by atoms with Crippen LogP contribution in [0, 0.1) is 5.82 Å². The molecule has 0 aliphatic heterocycles.